The molecule has 0 radical (unpaired) electrons. The van der Waals surface area contributed by atoms with Gasteiger partial charge in [-0.15, -0.1) is 0 Å². The summed E-state index contributed by atoms with van der Waals surface area (Å²) in [5.41, 5.74) is 3.80. The van der Waals surface area contributed by atoms with Crippen molar-refractivity contribution in [2.45, 2.75) is 19.8 Å². The number of carboxylic acid groups (broad SMARTS) is 2. The van der Waals surface area contributed by atoms with E-state index >= 15 is 0 Å². The van der Waals surface area contributed by atoms with Crippen molar-refractivity contribution in [3.05, 3.63) is 35.5 Å². The van der Waals surface area contributed by atoms with Crippen LogP contribution < -0.4 is 5.32 Å². The zero-order chi connectivity index (χ0) is 19.7. The number of nitrogens with one attached hydrogen (secondary N) is 2. The average Bonchev–Trinajstić information content (AvgIpc) is 2.95. The van der Waals surface area contributed by atoms with Crippen molar-refractivity contribution < 1.29 is 24.6 Å². The van der Waals surface area contributed by atoms with E-state index in [2.05, 4.69) is 53.7 Å². The van der Waals surface area contributed by atoms with Crippen LogP contribution in [0.2, 0.25) is 0 Å². The molecule has 0 aliphatic heterocycles. The van der Waals surface area contributed by atoms with Gasteiger partial charge in [0, 0.05) is 37.1 Å². The summed E-state index contributed by atoms with van der Waals surface area (Å²) in [4.78, 5) is 34.6. The number of carbonyl (C=O) groups excluding carboxylic acids is 1. The number of rotatable bonds is 6. The fourth-order valence-electron chi connectivity index (χ4n) is 2.31. The van der Waals surface area contributed by atoms with Crippen LogP contribution in [0.3, 0.4) is 0 Å². The second kappa shape index (κ2) is 10.2. The number of carboxylic acids is 2. The lowest BCUT2D eigenvalue weighted by atomic mass is 10.1. The third kappa shape index (κ3) is 7.35. The van der Waals surface area contributed by atoms with Crippen molar-refractivity contribution in [3.63, 3.8) is 0 Å². The van der Waals surface area contributed by atoms with Crippen LogP contribution in [0, 0.1) is 0 Å². The number of amides is 1. The summed E-state index contributed by atoms with van der Waals surface area (Å²) in [5.74, 6) is -3.62. The molecule has 0 saturated heterocycles. The highest BCUT2D eigenvalue weighted by molar-refractivity contribution is 6.27. The van der Waals surface area contributed by atoms with E-state index in [0.717, 1.165) is 19.4 Å². The lowest BCUT2D eigenvalue weighted by molar-refractivity contribution is -0.159. The van der Waals surface area contributed by atoms with E-state index in [0.29, 0.717) is 6.54 Å². The minimum absolute atomic E-state index is 0.0272. The van der Waals surface area contributed by atoms with Gasteiger partial charge in [0.25, 0.3) is 0 Å². The van der Waals surface area contributed by atoms with Gasteiger partial charge in [0.2, 0.25) is 5.91 Å². The Hall–Kier alpha value is -2.87. The first-order valence-electron chi connectivity index (χ1n) is 8.15. The van der Waals surface area contributed by atoms with Crippen LogP contribution in [0.5, 0.6) is 0 Å². The van der Waals surface area contributed by atoms with E-state index in [1.807, 2.05) is 0 Å². The van der Waals surface area contributed by atoms with E-state index in [4.69, 9.17) is 19.8 Å². The number of carbonyl (C=O) groups is 3. The van der Waals surface area contributed by atoms with Gasteiger partial charge in [0.15, 0.2) is 0 Å². The first kappa shape index (κ1) is 21.2. The zero-order valence-electron chi connectivity index (χ0n) is 15.2. The molecule has 1 aromatic carbocycles. The Labute approximate surface area is 151 Å². The van der Waals surface area contributed by atoms with Crippen LogP contribution >= 0.6 is 0 Å². The number of benzene rings is 1. The molecular formula is C18H25N3O5. The zero-order valence-corrected chi connectivity index (χ0v) is 15.2. The monoisotopic (exact) mass is 363 g/mol. The highest BCUT2D eigenvalue weighted by Crippen LogP contribution is 2.20. The summed E-state index contributed by atoms with van der Waals surface area (Å²) in [5, 5.41) is 18.9. The number of H-pyrrole nitrogens is 1. The predicted octanol–water partition coefficient (Wildman–Crippen LogP) is 1.11. The van der Waals surface area contributed by atoms with Gasteiger partial charge in [-0.3, -0.25) is 4.79 Å². The number of hydrogen-bond donors (Lipinski definition) is 4. The summed E-state index contributed by atoms with van der Waals surface area (Å²) in [6, 6.07) is 6.48. The summed E-state index contributed by atoms with van der Waals surface area (Å²) < 4.78 is 0. The number of aromatic nitrogens is 1. The Bertz CT molecular complexity index is 755. The second-order valence-corrected chi connectivity index (χ2v) is 6.09. The predicted molar refractivity (Wildman–Crippen MR) is 98.2 cm³/mol. The Kier molecular flexibility index (Phi) is 8.30. The summed E-state index contributed by atoms with van der Waals surface area (Å²) in [7, 11) is 4.18. The summed E-state index contributed by atoms with van der Waals surface area (Å²) >= 11 is 0. The molecule has 8 heteroatoms. The maximum Gasteiger partial charge on any atom is 0.414 e. The summed E-state index contributed by atoms with van der Waals surface area (Å²) in [6.45, 7) is 3.29. The molecule has 0 aliphatic carbocycles. The molecule has 2 aromatic rings. The molecule has 2 rings (SSSR count). The maximum atomic E-state index is 10.9. The normalized spacial score (nSPS) is 10.3. The number of hydrogen-bond acceptors (Lipinski definition) is 4. The van der Waals surface area contributed by atoms with Crippen LogP contribution in [0.15, 0.2) is 24.4 Å². The number of aliphatic carboxylic acids is 2. The van der Waals surface area contributed by atoms with Crippen LogP contribution in [0.4, 0.5) is 0 Å². The molecular weight excluding hydrogens is 338 g/mol. The number of nitrogens with zero attached hydrogens (tertiary/aromatic N) is 1. The SMILES string of the molecule is CC(=O)NCCc1ccc2[nH]cc(CCN(C)C)c2c1.O=C(O)C(=O)O. The molecule has 0 spiro atoms. The standard InChI is InChI=1S/C16H23N3O.C2H2O4/c1-12(20)17-8-6-13-4-5-16-15(10-13)14(11-18-16)7-9-19(2)3;3-1(4)2(5)6/h4-5,10-11,18H,6-9H2,1-3H3,(H,17,20);(H,3,4)(H,5,6). The van der Waals surface area contributed by atoms with Crippen LogP contribution in [0.25, 0.3) is 10.9 Å². The third-order valence-electron chi connectivity index (χ3n) is 3.63. The van der Waals surface area contributed by atoms with Crippen molar-refractivity contribution in [2.75, 3.05) is 27.2 Å². The fourth-order valence-corrected chi connectivity index (χ4v) is 2.31. The van der Waals surface area contributed by atoms with E-state index in [9.17, 15) is 4.79 Å². The fraction of sp³-hybridized carbons (Fsp3) is 0.389. The molecule has 0 fully saturated rings. The van der Waals surface area contributed by atoms with Crippen molar-refractivity contribution in [1.82, 2.24) is 15.2 Å². The Balaban J connectivity index is 0.000000487. The van der Waals surface area contributed by atoms with Gasteiger partial charge in [-0.1, -0.05) is 6.07 Å². The molecule has 0 atom stereocenters. The molecule has 0 saturated carbocycles. The van der Waals surface area contributed by atoms with E-state index < -0.39 is 11.9 Å². The van der Waals surface area contributed by atoms with Gasteiger partial charge in [-0.25, -0.2) is 9.59 Å². The molecule has 8 nitrogen and oxygen atoms in total. The van der Waals surface area contributed by atoms with Gasteiger partial charge >= 0.3 is 11.9 Å². The van der Waals surface area contributed by atoms with Crippen LogP contribution in [0.1, 0.15) is 18.1 Å². The highest BCUT2D eigenvalue weighted by Gasteiger charge is 2.06. The molecule has 1 amide bonds. The quantitative estimate of drug-likeness (QED) is 0.570. The maximum absolute atomic E-state index is 10.9. The van der Waals surface area contributed by atoms with Gasteiger partial charge in [0.1, 0.15) is 0 Å². The van der Waals surface area contributed by atoms with Crippen molar-refractivity contribution >= 4 is 28.7 Å². The minimum Gasteiger partial charge on any atom is -0.473 e. The molecule has 0 unspecified atom stereocenters. The van der Waals surface area contributed by atoms with Crippen molar-refractivity contribution in [1.29, 1.82) is 0 Å². The van der Waals surface area contributed by atoms with Crippen molar-refractivity contribution in [3.8, 4) is 0 Å². The largest absolute Gasteiger partial charge is 0.473 e. The first-order chi connectivity index (χ1) is 12.2. The molecule has 0 bridgehead atoms. The number of fused-ring (bicyclic) bond motifs is 1. The Morgan fingerprint density at radius 2 is 1.77 bits per heavy atom. The Morgan fingerprint density at radius 3 is 2.31 bits per heavy atom. The number of aromatic amines is 1. The van der Waals surface area contributed by atoms with Gasteiger partial charge in [-0.2, -0.15) is 0 Å². The molecule has 142 valence electrons. The van der Waals surface area contributed by atoms with Gasteiger partial charge < -0.3 is 25.4 Å². The molecule has 4 N–H and O–H groups in total. The average molecular weight is 363 g/mol. The van der Waals surface area contributed by atoms with Crippen molar-refractivity contribution in [2.24, 2.45) is 0 Å². The van der Waals surface area contributed by atoms with E-state index in [-0.39, 0.29) is 5.91 Å². The lowest BCUT2D eigenvalue weighted by Crippen LogP contribution is -2.22. The van der Waals surface area contributed by atoms with E-state index in [1.54, 1.807) is 6.92 Å². The first-order valence-corrected chi connectivity index (χ1v) is 8.15. The van der Waals surface area contributed by atoms with Crippen LogP contribution in [-0.4, -0.2) is 65.1 Å². The minimum atomic E-state index is -1.82. The van der Waals surface area contributed by atoms with E-state index in [1.165, 1.54) is 22.0 Å². The summed E-state index contributed by atoms with van der Waals surface area (Å²) in [6.07, 6.45) is 4.02. The third-order valence-corrected chi connectivity index (χ3v) is 3.63. The highest BCUT2D eigenvalue weighted by atomic mass is 16.4. The Morgan fingerprint density at radius 1 is 1.12 bits per heavy atom. The molecule has 0 aliphatic rings. The lowest BCUT2D eigenvalue weighted by Gasteiger charge is -2.08. The second-order valence-electron chi connectivity index (χ2n) is 6.09. The molecule has 26 heavy (non-hydrogen) atoms. The van der Waals surface area contributed by atoms with Gasteiger partial charge in [-0.05, 0) is 50.2 Å². The molecule has 1 aromatic heterocycles. The smallest absolute Gasteiger partial charge is 0.414 e. The number of likely N-dealkylation sites (N-methyl/N-ethyl adjacent to an activating group) is 1. The van der Waals surface area contributed by atoms with Crippen LogP contribution in [-0.2, 0) is 27.2 Å². The topological polar surface area (TPSA) is 123 Å². The molecule has 1 heterocycles. The van der Waals surface area contributed by atoms with Gasteiger partial charge in [0.05, 0.1) is 0 Å².